The predicted octanol–water partition coefficient (Wildman–Crippen LogP) is 1.01. The molecule has 0 aliphatic heterocycles. The second-order valence-electron chi connectivity index (χ2n) is 4.67. The maximum atomic E-state index is 12.6. The van der Waals surface area contributed by atoms with Crippen molar-refractivity contribution in [2.75, 3.05) is 5.32 Å². The van der Waals surface area contributed by atoms with Gasteiger partial charge in [-0.25, -0.2) is 4.68 Å². The topological polar surface area (TPSA) is 90.5 Å². The van der Waals surface area contributed by atoms with Crippen LogP contribution in [0.3, 0.4) is 0 Å². The Kier molecular flexibility index (Phi) is 2.92. The molecule has 0 bridgehead atoms. The average Bonchev–Trinajstić information content (AvgIpc) is 2.99. The van der Waals surface area contributed by atoms with E-state index in [9.17, 15) is 18.0 Å². The van der Waals surface area contributed by atoms with Crippen LogP contribution in [0.4, 0.5) is 19.1 Å². The zero-order chi connectivity index (χ0) is 15.2. The van der Waals surface area contributed by atoms with E-state index in [1.165, 1.54) is 11.7 Å². The highest BCUT2D eigenvalue weighted by atomic mass is 19.4. The molecule has 0 spiro atoms. The molecule has 1 saturated carbocycles. The van der Waals surface area contributed by atoms with E-state index in [1.54, 1.807) is 0 Å². The molecule has 1 aliphatic rings. The summed E-state index contributed by atoms with van der Waals surface area (Å²) in [6.07, 6.45) is -2.80. The lowest BCUT2D eigenvalue weighted by Crippen LogP contribution is -2.19. The zero-order valence-electron chi connectivity index (χ0n) is 10.8. The van der Waals surface area contributed by atoms with E-state index in [0.717, 1.165) is 17.5 Å². The first-order chi connectivity index (χ1) is 9.86. The first-order valence-electron chi connectivity index (χ1n) is 6.06. The van der Waals surface area contributed by atoms with Crippen molar-refractivity contribution in [1.29, 1.82) is 0 Å². The molecule has 112 valence electrons. The van der Waals surface area contributed by atoms with Crippen molar-refractivity contribution in [2.45, 2.75) is 25.1 Å². The summed E-state index contributed by atoms with van der Waals surface area (Å²) in [4.78, 5) is 12.0. The van der Waals surface area contributed by atoms with E-state index in [2.05, 4.69) is 25.9 Å². The van der Waals surface area contributed by atoms with Crippen LogP contribution in [0.5, 0.6) is 0 Å². The molecule has 1 N–H and O–H groups in total. The fourth-order valence-electron chi connectivity index (χ4n) is 1.82. The van der Waals surface area contributed by atoms with E-state index < -0.39 is 17.8 Å². The smallest absolute Gasteiger partial charge is 0.288 e. The number of tetrazole rings is 1. The van der Waals surface area contributed by atoms with Crippen molar-refractivity contribution < 1.29 is 18.0 Å². The molecular formula is C10H10F3N7O. The SMILES string of the molecule is Cn1nc(C(F)(F)F)cc1C(=O)Nc1nnnn1C1CC1. The Morgan fingerprint density at radius 3 is 2.71 bits per heavy atom. The first-order valence-corrected chi connectivity index (χ1v) is 6.06. The summed E-state index contributed by atoms with van der Waals surface area (Å²) in [5.41, 5.74) is -1.36. The van der Waals surface area contributed by atoms with E-state index in [4.69, 9.17) is 0 Å². The maximum Gasteiger partial charge on any atom is 0.435 e. The number of aromatic nitrogens is 6. The predicted molar refractivity (Wildman–Crippen MR) is 62.3 cm³/mol. The summed E-state index contributed by atoms with van der Waals surface area (Å²) in [5, 5.41) is 16.5. The number of aryl methyl sites for hydroxylation is 1. The van der Waals surface area contributed by atoms with Crippen LogP contribution >= 0.6 is 0 Å². The summed E-state index contributed by atoms with van der Waals surface area (Å²) in [6.45, 7) is 0. The monoisotopic (exact) mass is 301 g/mol. The van der Waals surface area contributed by atoms with Gasteiger partial charge in [0.25, 0.3) is 5.91 Å². The van der Waals surface area contributed by atoms with Crippen LogP contribution in [0.15, 0.2) is 6.07 Å². The lowest BCUT2D eigenvalue weighted by Gasteiger charge is -2.04. The van der Waals surface area contributed by atoms with Crippen LogP contribution in [0, 0.1) is 0 Å². The second kappa shape index (κ2) is 4.53. The fourth-order valence-corrected chi connectivity index (χ4v) is 1.82. The standard InChI is InChI=1S/C10H10F3N7O/c1-19-6(4-7(16-19)10(11,12)13)8(21)14-9-15-17-18-20(9)5-2-3-5/h4-5H,2-3H2,1H3,(H,14,15,18,21). The van der Waals surface area contributed by atoms with E-state index in [1.807, 2.05) is 0 Å². The summed E-state index contributed by atoms with van der Waals surface area (Å²) < 4.78 is 40.0. The molecule has 3 rings (SSSR count). The molecule has 21 heavy (non-hydrogen) atoms. The van der Waals surface area contributed by atoms with Gasteiger partial charge >= 0.3 is 6.18 Å². The number of carbonyl (C=O) groups excluding carboxylic acids is 1. The highest BCUT2D eigenvalue weighted by molar-refractivity contribution is 6.02. The molecule has 0 saturated heterocycles. The van der Waals surface area contributed by atoms with Crippen LogP contribution < -0.4 is 5.32 Å². The molecule has 1 amide bonds. The van der Waals surface area contributed by atoms with E-state index in [-0.39, 0.29) is 17.7 Å². The summed E-state index contributed by atoms with van der Waals surface area (Å²) >= 11 is 0. The Labute approximate surface area is 115 Å². The Morgan fingerprint density at radius 2 is 2.14 bits per heavy atom. The highest BCUT2D eigenvalue weighted by Gasteiger charge is 2.36. The highest BCUT2D eigenvalue weighted by Crippen LogP contribution is 2.35. The molecule has 8 nitrogen and oxygen atoms in total. The Balaban J connectivity index is 1.82. The van der Waals surface area contributed by atoms with Gasteiger partial charge in [0.1, 0.15) is 5.69 Å². The third kappa shape index (κ3) is 2.58. The number of hydrogen-bond acceptors (Lipinski definition) is 5. The third-order valence-corrected chi connectivity index (χ3v) is 3.01. The Bertz CT molecular complexity index is 685. The molecule has 2 aromatic heterocycles. The van der Waals surface area contributed by atoms with Crippen LogP contribution in [0.25, 0.3) is 0 Å². The van der Waals surface area contributed by atoms with Gasteiger partial charge < -0.3 is 0 Å². The minimum absolute atomic E-state index is 0.109. The minimum Gasteiger partial charge on any atom is -0.288 e. The van der Waals surface area contributed by atoms with Gasteiger partial charge in [0.05, 0.1) is 6.04 Å². The van der Waals surface area contributed by atoms with Gasteiger partial charge in [0, 0.05) is 13.1 Å². The Morgan fingerprint density at radius 1 is 1.43 bits per heavy atom. The molecule has 2 heterocycles. The molecule has 0 unspecified atom stereocenters. The van der Waals surface area contributed by atoms with Crippen molar-refractivity contribution in [2.24, 2.45) is 7.05 Å². The van der Waals surface area contributed by atoms with Crippen molar-refractivity contribution in [1.82, 2.24) is 30.0 Å². The summed E-state index contributed by atoms with van der Waals surface area (Å²) in [6, 6.07) is 0.813. The minimum atomic E-state index is -4.61. The number of nitrogens with one attached hydrogen (secondary N) is 1. The van der Waals surface area contributed by atoms with Gasteiger partial charge in [-0.2, -0.15) is 18.3 Å². The molecule has 1 aliphatic carbocycles. The maximum absolute atomic E-state index is 12.6. The zero-order valence-corrected chi connectivity index (χ0v) is 10.8. The number of anilines is 1. The number of amides is 1. The van der Waals surface area contributed by atoms with Gasteiger partial charge in [0.2, 0.25) is 5.95 Å². The number of nitrogens with zero attached hydrogens (tertiary/aromatic N) is 6. The van der Waals surface area contributed by atoms with Crippen LogP contribution in [-0.4, -0.2) is 35.9 Å². The quantitative estimate of drug-likeness (QED) is 0.913. The Hall–Kier alpha value is -2.46. The van der Waals surface area contributed by atoms with E-state index >= 15 is 0 Å². The molecule has 1 fully saturated rings. The number of rotatable bonds is 3. The molecule has 11 heteroatoms. The van der Waals surface area contributed by atoms with E-state index in [0.29, 0.717) is 6.07 Å². The lowest BCUT2D eigenvalue weighted by molar-refractivity contribution is -0.141. The van der Waals surface area contributed by atoms with Crippen LogP contribution in [-0.2, 0) is 13.2 Å². The summed E-state index contributed by atoms with van der Waals surface area (Å²) in [5.74, 6) is -0.644. The number of hydrogen-bond donors (Lipinski definition) is 1. The lowest BCUT2D eigenvalue weighted by atomic mass is 10.3. The fraction of sp³-hybridized carbons (Fsp3) is 0.500. The average molecular weight is 301 g/mol. The molecule has 0 radical (unpaired) electrons. The largest absolute Gasteiger partial charge is 0.435 e. The van der Waals surface area contributed by atoms with Crippen molar-refractivity contribution in [3.63, 3.8) is 0 Å². The van der Waals surface area contributed by atoms with Gasteiger partial charge in [-0.15, -0.1) is 0 Å². The molecule has 0 atom stereocenters. The van der Waals surface area contributed by atoms with Gasteiger partial charge in [-0.05, 0) is 23.3 Å². The third-order valence-electron chi connectivity index (χ3n) is 3.01. The van der Waals surface area contributed by atoms with Crippen molar-refractivity contribution in [3.8, 4) is 0 Å². The van der Waals surface area contributed by atoms with Crippen molar-refractivity contribution in [3.05, 3.63) is 17.5 Å². The summed E-state index contributed by atoms with van der Waals surface area (Å²) in [7, 11) is 1.26. The van der Waals surface area contributed by atoms with Gasteiger partial charge in [-0.3, -0.25) is 14.8 Å². The van der Waals surface area contributed by atoms with Crippen molar-refractivity contribution >= 4 is 11.9 Å². The normalized spacial score (nSPS) is 15.2. The van der Waals surface area contributed by atoms with Crippen LogP contribution in [0.1, 0.15) is 35.1 Å². The molecular weight excluding hydrogens is 291 g/mol. The molecule has 0 aromatic carbocycles. The van der Waals surface area contributed by atoms with Crippen LogP contribution in [0.2, 0.25) is 0 Å². The number of carbonyl (C=O) groups is 1. The number of alkyl halides is 3. The van der Waals surface area contributed by atoms with Gasteiger partial charge in [0.15, 0.2) is 5.69 Å². The number of halogens is 3. The first kappa shape index (κ1) is 13.5. The second-order valence-corrected chi connectivity index (χ2v) is 4.67. The van der Waals surface area contributed by atoms with Gasteiger partial charge in [-0.1, -0.05) is 5.10 Å². The molecule has 2 aromatic rings.